The fourth-order valence-electron chi connectivity index (χ4n) is 2.67. The first kappa shape index (κ1) is 15.6. The quantitative estimate of drug-likeness (QED) is 0.795. The Morgan fingerprint density at radius 1 is 1.25 bits per heavy atom. The number of hydrogen-bond donors (Lipinski definition) is 1. The number of carbonyl (C=O) groups is 1. The van der Waals surface area contributed by atoms with Crippen LogP contribution in [0.5, 0.6) is 0 Å². The van der Waals surface area contributed by atoms with E-state index in [0.29, 0.717) is 0 Å². The van der Waals surface area contributed by atoms with Crippen LogP contribution >= 0.6 is 23.2 Å². The van der Waals surface area contributed by atoms with Crippen molar-refractivity contribution in [3.63, 3.8) is 0 Å². The van der Waals surface area contributed by atoms with Crippen molar-refractivity contribution in [3.8, 4) is 0 Å². The average Bonchev–Trinajstić information content (AvgIpc) is 2.43. The van der Waals surface area contributed by atoms with Crippen LogP contribution in [0.4, 0.5) is 4.39 Å². The number of halogens is 3. The minimum atomic E-state index is -0.629. The molecule has 0 radical (unpaired) electrons. The van der Waals surface area contributed by atoms with Crippen molar-refractivity contribution >= 4 is 29.1 Å². The van der Waals surface area contributed by atoms with Crippen LogP contribution in [0.25, 0.3) is 0 Å². The predicted octanol–water partition coefficient (Wildman–Crippen LogP) is 4.83. The normalized spacial score (nSPS) is 22.6. The van der Waals surface area contributed by atoms with Gasteiger partial charge in [-0.1, -0.05) is 36.5 Å². The van der Waals surface area contributed by atoms with Crippen molar-refractivity contribution in [2.24, 2.45) is 5.92 Å². The molecule has 0 spiro atoms. The van der Waals surface area contributed by atoms with Gasteiger partial charge in [0, 0.05) is 6.04 Å². The van der Waals surface area contributed by atoms with E-state index in [4.69, 9.17) is 23.2 Å². The van der Waals surface area contributed by atoms with Crippen LogP contribution in [0.3, 0.4) is 0 Å². The van der Waals surface area contributed by atoms with E-state index < -0.39 is 5.82 Å². The summed E-state index contributed by atoms with van der Waals surface area (Å²) in [7, 11) is 0. The molecule has 0 aromatic heterocycles. The van der Waals surface area contributed by atoms with Gasteiger partial charge in [-0.15, -0.1) is 0 Å². The Balaban J connectivity index is 2.01. The van der Waals surface area contributed by atoms with Gasteiger partial charge >= 0.3 is 0 Å². The maximum atomic E-state index is 13.4. The molecule has 0 bridgehead atoms. The zero-order chi connectivity index (χ0) is 14.7. The Kier molecular flexibility index (Phi) is 5.28. The van der Waals surface area contributed by atoms with E-state index in [0.717, 1.165) is 37.7 Å². The molecule has 2 nitrogen and oxygen atoms in total. The lowest BCUT2D eigenvalue weighted by atomic mass is 9.84. The highest BCUT2D eigenvalue weighted by molar-refractivity contribution is 6.36. The van der Waals surface area contributed by atoms with Crippen LogP contribution in [0.2, 0.25) is 10.0 Å². The molecule has 1 aromatic rings. The number of benzene rings is 1. The highest BCUT2D eigenvalue weighted by atomic mass is 35.5. The van der Waals surface area contributed by atoms with Crippen molar-refractivity contribution in [1.82, 2.24) is 5.32 Å². The van der Waals surface area contributed by atoms with E-state index in [1.165, 1.54) is 12.5 Å². The molecule has 5 heteroatoms. The first-order valence-electron chi connectivity index (χ1n) is 6.96. The number of rotatable bonds is 3. The summed E-state index contributed by atoms with van der Waals surface area (Å²) in [6.45, 7) is 2.19. The fraction of sp³-hybridized carbons (Fsp3) is 0.533. The molecule has 0 saturated heterocycles. The third kappa shape index (κ3) is 3.64. The van der Waals surface area contributed by atoms with Crippen LogP contribution in [-0.4, -0.2) is 11.9 Å². The van der Waals surface area contributed by atoms with Crippen molar-refractivity contribution in [2.75, 3.05) is 0 Å². The van der Waals surface area contributed by atoms with Crippen molar-refractivity contribution in [2.45, 2.75) is 45.1 Å². The summed E-state index contributed by atoms with van der Waals surface area (Å²) in [6.07, 6.45) is 5.39. The van der Waals surface area contributed by atoms with E-state index >= 15 is 0 Å². The Hall–Kier alpha value is -0.800. The average molecular weight is 318 g/mol. The molecule has 1 amide bonds. The van der Waals surface area contributed by atoms with E-state index in [1.807, 2.05) is 0 Å². The molecule has 1 N–H and O–H groups in total. The molecule has 1 aliphatic rings. The molecule has 1 aliphatic carbocycles. The minimum Gasteiger partial charge on any atom is -0.349 e. The van der Waals surface area contributed by atoms with Crippen LogP contribution in [-0.2, 0) is 0 Å². The van der Waals surface area contributed by atoms with Crippen molar-refractivity contribution < 1.29 is 9.18 Å². The second-order valence-electron chi connectivity index (χ2n) is 5.35. The fourth-order valence-corrected chi connectivity index (χ4v) is 3.14. The predicted molar refractivity (Wildman–Crippen MR) is 79.9 cm³/mol. The van der Waals surface area contributed by atoms with E-state index in [9.17, 15) is 9.18 Å². The topological polar surface area (TPSA) is 29.1 Å². The maximum absolute atomic E-state index is 13.4. The maximum Gasteiger partial charge on any atom is 0.253 e. The molecule has 110 valence electrons. The summed E-state index contributed by atoms with van der Waals surface area (Å²) in [5.74, 6) is -0.193. The van der Waals surface area contributed by atoms with Gasteiger partial charge in [0.05, 0.1) is 15.6 Å². The van der Waals surface area contributed by atoms with Gasteiger partial charge in [-0.05, 0) is 43.7 Å². The lowest BCUT2D eigenvalue weighted by Gasteiger charge is -2.28. The third-order valence-corrected chi connectivity index (χ3v) is 4.62. The number of amides is 1. The molecule has 1 saturated carbocycles. The zero-order valence-electron chi connectivity index (χ0n) is 11.4. The molecule has 0 unspecified atom stereocenters. The van der Waals surface area contributed by atoms with Gasteiger partial charge in [0.1, 0.15) is 5.82 Å². The SMILES string of the molecule is CCC1CCC(NC(=O)c2cc(F)c(Cl)cc2Cl)CC1. The van der Waals surface area contributed by atoms with Crippen LogP contribution in [0.1, 0.15) is 49.4 Å². The lowest BCUT2D eigenvalue weighted by Crippen LogP contribution is -2.37. The van der Waals surface area contributed by atoms with E-state index in [2.05, 4.69) is 12.2 Å². The van der Waals surface area contributed by atoms with Gasteiger partial charge in [-0.25, -0.2) is 4.39 Å². The first-order chi connectivity index (χ1) is 9.51. The molecular weight excluding hydrogens is 300 g/mol. The minimum absolute atomic E-state index is 0.0741. The Labute approximate surface area is 128 Å². The Bertz CT molecular complexity index is 499. The highest BCUT2D eigenvalue weighted by Gasteiger charge is 2.23. The smallest absolute Gasteiger partial charge is 0.253 e. The van der Waals surface area contributed by atoms with Gasteiger partial charge in [-0.2, -0.15) is 0 Å². The third-order valence-electron chi connectivity index (χ3n) is 4.01. The van der Waals surface area contributed by atoms with Crippen LogP contribution in [0, 0.1) is 11.7 Å². The molecule has 0 heterocycles. The van der Waals surface area contributed by atoms with Gasteiger partial charge in [0.25, 0.3) is 5.91 Å². The monoisotopic (exact) mass is 317 g/mol. The summed E-state index contributed by atoms with van der Waals surface area (Å²) in [5.41, 5.74) is 0.145. The van der Waals surface area contributed by atoms with E-state index in [-0.39, 0.29) is 27.6 Å². The second kappa shape index (κ2) is 6.77. The summed E-state index contributed by atoms with van der Waals surface area (Å²) in [5, 5.41) is 3.04. The molecule has 0 aliphatic heterocycles. The first-order valence-corrected chi connectivity index (χ1v) is 7.72. The van der Waals surface area contributed by atoms with Gasteiger partial charge in [0.2, 0.25) is 0 Å². The van der Waals surface area contributed by atoms with Gasteiger partial charge in [-0.3, -0.25) is 4.79 Å². The second-order valence-corrected chi connectivity index (χ2v) is 6.16. The molecule has 0 atom stereocenters. The van der Waals surface area contributed by atoms with Crippen LogP contribution < -0.4 is 5.32 Å². The zero-order valence-corrected chi connectivity index (χ0v) is 12.9. The van der Waals surface area contributed by atoms with Crippen molar-refractivity contribution in [3.05, 3.63) is 33.6 Å². The Morgan fingerprint density at radius 3 is 2.50 bits per heavy atom. The van der Waals surface area contributed by atoms with Crippen molar-refractivity contribution in [1.29, 1.82) is 0 Å². The highest BCUT2D eigenvalue weighted by Crippen LogP contribution is 2.28. The summed E-state index contributed by atoms with van der Waals surface area (Å²) in [4.78, 5) is 12.1. The summed E-state index contributed by atoms with van der Waals surface area (Å²) < 4.78 is 13.4. The van der Waals surface area contributed by atoms with E-state index in [1.54, 1.807) is 0 Å². The lowest BCUT2D eigenvalue weighted by molar-refractivity contribution is 0.0921. The largest absolute Gasteiger partial charge is 0.349 e. The summed E-state index contributed by atoms with van der Waals surface area (Å²) >= 11 is 11.6. The molecule has 1 fully saturated rings. The Morgan fingerprint density at radius 2 is 1.90 bits per heavy atom. The van der Waals surface area contributed by atoms with Crippen LogP contribution in [0.15, 0.2) is 12.1 Å². The molecule has 2 rings (SSSR count). The standard InChI is InChI=1S/C15H18Cl2FNO/c1-2-9-3-5-10(6-4-9)19-15(20)11-7-14(18)13(17)8-12(11)16/h7-10H,2-6H2,1H3,(H,19,20). The molecule has 20 heavy (non-hydrogen) atoms. The molecular formula is C15H18Cl2FNO. The summed E-state index contributed by atoms with van der Waals surface area (Å²) in [6, 6.07) is 2.51. The number of hydrogen-bond acceptors (Lipinski definition) is 1. The van der Waals surface area contributed by atoms with Gasteiger partial charge in [0.15, 0.2) is 0 Å². The molecule has 1 aromatic carbocycles. The number of nitrogens with one attached hydrogen (secondary N) is 1. The number of carbonyl (C=O) groups excluding carboxylic acids is 1. The van der Waals surface area contributed by atoms with Gasteiger partial charge < -0.3 is 5.32 Å².